The second-order valence-electron chi connectivity index (χ2n) is 10.9. The first-order valence-electron chi connectivity index (χ1n) is 14.4. The summed E-state index contributed by atoms with van der Waals surface area (Å²) in [6, 6.07) is 32.4. The summed E-state index contributed by atoms with van der Waals surface area (Å²) >= 11 is 0. The average Bonchev–Trinajstić information content (AvgIpc) is 3.23. The van der Waals surface area contributed by atoms with Crippen LogP contribution in [0.2, 0.25) is 0 Å². The monoisotopic (exact) mass is 536 g/mol. The number of aryl methyl sites for hydroxylation is 5. The maximum absolute atomic E-state index is 13.1. The minimum atomic E-state index is 0.0610. The maximum Gasteiger partial charge on any atom is 0.193 e. The normalized spacial score (nSPS) is 12.8. The summed E-state index contributed by atoms with van der Waals surface area (Å²) < 4.78 is 0. The van der Waals surface area contributed by atoms with Crippen LogP contribution in [0.5, 0.6) is 0 Å². The topological polar surface area (TPSA) is 34.1 Å². The lowest BCUT2D eigenvalue weighted by molar-refractivity contribution is 0.103. The highest BCUT2D eigenvalue weighted by Crippen LogP contribution is 2.20. The highest BCUT2D eigenvalue weighted by Gasteiger charge is 2.13. The van der Waals surface area contributed by atoms with Crippen LogP contribution >= 0.6 is 0 Å². The first-order chi connectivity index (χ1) is 20.0. The molecule has 0 aromatic heterocycles. The fourth-order valence-corrected chi connectivity index (χ4v) is 5.26. The third-order valence-corrected chi connectivity index (χ3v) is 7.72. The van der Waals surface area contributed by atoms with Crippen LogP contribution in [0, 0.1) is 6.92 Å². The number of Topliss-reactive ketones (excluding diaryl/α,β-unsaturated/α-hetero) is 1. The maximum atomic E-state index is 13.1. The second-order valence-corrected chi connectivity index (χ2v) is 10.9. The van der Waals surface area contributed by atoms with Crippen LogP contribution in [0.1, 0.15) is 67.4 Å². The molecule has 0 atom stereocenters. The molecule has 2 heteroatoms. The number of carbonyl (C=O) groups excluding carboxylic acids is 2. The summed E-state index contributed by atoms with van der Waals surface area (Å²) in [5, 5.41) is 0. The van der Waals surface area contributed by atoms with Crippen molar-refractivity contribution in [3.05, 3.63) is 177 Å². The minimum absolute atomic E-state index is 0.0610. The molecule has 0 amide bonds. The molecule has 4 aromatic rings. The molecule has 0 N–H and O–H groups in total. The van der Waals surface area contributed by atoms with E-state index in [2.05, 4.69) is 49.4 Å². The zero-order valence-corrected chi connectivity index (χ0v) is 23.9. The smallest absolute Gasteiger partial charge is 0.193 e. The Morgan fingerprint density at radius 2 is 1.17 bits per heavy atom. The number of benzene rings is 4. The van der Waals surface area contributed by atoms with Gasteiger partial charge in [-0.15, -0.1) is 0 Å². The van der Waals surface area contributed by atoms with Gasteiger partial charge in [0.1, 0.15) is 0 Å². The van der Waals surface area contributed by atoms with Crippen LogP contribution < -0.4 is 0 Å². The summed E-state index contributed by atoms with van der Waals surface area (Å²) in [6.07, 6.45) is 12.4. The van der Waals surface area contributed by atoms with Gasteiger partial charge in [0.15, 0.2) is 11.6 Å². The van der Waals surface area contributed by atoms with Crippen LogP contribution in [-0.4, -0.2) is 11.6 Å². The zero-order valence-electron chi connectivity index (χ0n) is 23.9. The van der Waals surface area contributed by atoms with Gasteiger partial charge in [0.05, 0.1) is 0 Å². The molecule has 0 bridgehead atoms. The Kier molecular flexibility index (Phi) is 9.01. The van der Waals surface area contributed by atoms with Gasteiger partial charge >= 0.3 is 0 Å². The predicted octanol–water partition coefficient (Wildman–Crippen LogP) is 8.81. The molecule has 0 aliphatic heterocycles. The molecule has 0 radical (unpaired) electrons. The molecule has 5 rings (SSSR count). The first kappa shape index (κ1) is 28.0. The van der Waals surface area contributed by atoms with Crippen LogP contribution in [0.25, 0.3) is 0 Å². The van der Waals surface area contributed by atoms with E-state index >= 15 is 0 Å². The van der Waals surface area contributed by atoms with Crippen molar-refractivity contribution in [3.63, 3.8) is 0 Å². The Hall–Kier alpha value is -4.56. The predicted molar refractivity (Wildman–Crippen MR) is 169 cm³/mol. The third-order valence-electron chi connectivity index (χ3n) is 7.72. The number of carbonyl (C=O) groups is 2. The Balaban J connectivity index is 1.24. The zero-order chi connectivity index (χ0) is 28.6. The second kappa shape index (κ2) is 13.2. The van der Waals surface area contributed by atoms with Crippen molar-refractivity contribution in [2.75, 3.05) is 0 Å². The largest absolute Gasteiger partial charge is 0.289 e. The number of rotatable bonds is 10. The summed E-state index contributed by atoms with van der Waals surface area (Å²) in [6.45, 7) is 4.11. The molecule has 1 aliphatic carbocycles. The number of ketones is 2. The third kappa shape index (κ3) is 7.35. The number of hydrogen-bond acceptors (Lipinski definition) is 2. The molecule has 4 aromatic carbocycles. The molecule has 1 aliphatic rings. The molecule has 0 fully saturated rings. The Bertz CT molecular complexity index is 1650. The lowest BCUT2D eigenvalue weighted by Crippen LogP contribution is -2.04. The number of allylic oxidation sites excluding steroid dienone is 6. The molecular formula is C39H36O2. The van der Waals surface area contributed by atoms with Gasteiger partial charge in [0, 0.05) is 22.3 Å². The van der Waals surface area contributed by atoms with E-state index in [0.29, 0.717) is 0 Å². The SMILES string of the molecule is CC1=CC=C(C(=O)c2cccc(CCc3ccccc3CCc3cccc(C(=O)c4ccc(C)cc4)c3)c2)C=CC1. The van der Waals surface area contributed by atoms with Crippen molar-refractivity contribution in [1.29, 1.82) is 0 Å². The number of hydrogen-bond donors (Lipinski definition) is 0. The average molecular weight is 537 g/mol. The van der Waals surface area contributed by atoms with Crippen LogP contribution in [-0.2, 0) is 25.7 Å². The van der Waals surface area contributed by atoms with E-state index in [4.69, 9.17) is 0 Å². The Labute approximate surface area is 243 Å². The van der Waals surface area contributed by atoms with Gasteiger partial charge in [-0.3, -0.25) is 9.59 Å². The van der Waals surface area contributed by atoms with Crippen molar-refractivity contribution >= 4 is 11.6 Å². The Morgan fingerprint density at radius 1 is 0.585 bits per heavy atom. The molecule has 0 saturated carbocycles. The van der Waals surface area contributed by atoms with Gasteiger partial charge in [-0.2, -0.15) is 0 Å². The molecule has 0 heterocycles. The lowest BCUT2D eigenvalue weighted by atomic mass is 9.93. The molecule has 0 saturated heterocycles. The molecule has 0 unspecified atom stereocenters. The van der Waals surface area contributed by atoms with Crippen LogP contribution in [0.15, 0.2) is 133 Å². The van der Waals surface area contributed by atoms with Gasteiger partial charge in [-0.1, -0.05) is 120 Å². The highest BCUT2D eigenvalue weighted by molar-refractivity contribution is 6.11. The van der Waals surface area contributed by atoms with Gasteiger partial charge in [-0.25, -0.2) is 0 Å². The van der Waals surface area contributed by atoms with Gasteiger partial charge in [0.2, 0.25) is 0 Å². The first-order valence-corrected chi connectivity index (χ1v) is 14.4. The van der Waals surface area contributed by atoms with Crippen molar-refractivity contribution in [2.24, 2.45) is 0 Å². The summed E-state index contributed by atoms with van der Waals surface area (Å²) in [4.78, 5) is 26.2. The fraction of sp³-hybridized carbons (Fsp3) is 0.179. The van der Waals surface area contributed by atoms with Gasteiger partial charge in [-0.05, 0) is 80.3 Å². The van der Waals surface area contributed by atoms with Gasteiger partial charge < -0.3 is 0 Å². The fourth-order valence-electron chi connectivity index (χ4n) is 5.26. The molecule has 204 valence electrons. The standard InChI is InChI=1S/C39H36O2/c1-28-8-5-13-34(21-16-28)38(40)36-14-6-9-30(26-36)19-24-32-11-3-4-12-33(32)25-20-31-10-7-15-37(27-31)39(41)35-22-17-29(2)18-23-35/h3-7,9-18,21-23,26-27H,8,19-20,24-25H2,1-2H3. The van der Waals surface area contributed by atoms with Gasteiger partial charge in [0.25, 0.3) is 0 Å². The van der Waals surface area contributed by atoms with Crippen molar-refractivity contribution < 1.29 is 9.59 Å². The van der Waals surface area contributed by atoms with Crippen LogP contribution in [0.3, 0.4) is 0 Å². The molecular weight excluding hydrogens is 500 g/mol. The minimum Gasteiger partial charge on any atom is -0.289 e. The quantitative estimate of drug-likeness (QED) is 0.190. The lowest BCUT2D eigenvalue weighted by Gasteiger charge is -2.11. The van der Waals surface area contributed by atoms with E-state index in [1.165, 1.54) is 16.7 Å². The summed E-state index contributed by atoms with van der Waals surface area (Å²) in [5.41, 5.74) is 10.3. The van der Waals surface area contributed by atoms with E-state index < -0.39 is 0 Å². The summed E-state index contributed by atoms with van der Waals surface area (Å²) in [5.74, 6) is 0.128. The van der Waals surface area contributed by atoms with E-state index in [9.17, 15) is 9.59 Å². The van der Waals surface area contributed by atoms with Crippen molar-refractivity contribution in [3.8, 4) is 0 Å². The van der Waals surface area contributed by atoms with E-state index in [1.54, 1.807) is 0 Å². The molecule has 41 heavy (non-hydrogen) atoms. The summed E-state index contributed by atoms with van der Waals surface area (Å²) in [7, 11) is 0. The van der Waals surface area contributed by atoms with E-state index in [1.807, 2.05) is 85.8 Å². The Morgan fingerprint density at radius 3 is 1.78 bits per heavy atom. The van der Waals surface area contributed by atoms with Crippen molar-refractivity contribution in [2.45, 2.75) is 46.0 Å². The van der Waals surface area contributed by atoms with Crippen LogP contribution in [0.4, 0.5) is 0 Å². The molecule has 0 spiro atoms. The van der Waals surface area contributed by atoms with E-state index in [-0.39, 0.29) is 11.6 Å². The van der Waals surface area contributed by atoms with Crippen molar-refractivity contribution in [1.82, 2.24) is 0 Å². The molecule has 2 nitrogen and oxygen atoms in total. The van der Waals surface area contributed by atoms with E-state index in [0.717, 1.165) is 71.1 Å². The highest BCUT2D eigenvalue weighted by atomic mass is 16.1.